The summed E-state index contributed by atoms with van der Waals surface area (Å²) in [5, 5.41) is 0. The maximum atomic E-state index is 12.0. The number of amides is 1. The van der Waals surface area contributed by atoms with Gasteiger partial charge in [-0.1, -0.05) is 19.1 Å². The van der Waals surface area contributed by atoms with Crippen LogP contribution in [0.15, 0.2) is 24.3 Å². The highest BCUT2D eigenvalue weighted by Crippen LogP contribution is 2.31. The summed E-state index contributed by atoms with van der Waals surface area (Å²) >= 11 is 0. The zero-order valence-corrected chi connectivity index (χ0v) is 14.9. The monoisotopic (exact) mass is 331 g/mol. The Hall–Kier alpha value is -1.75. The molecule has 5 heteroatoms. The number of carbonyl (C=O) groups is 1. The molecule has 2 heterocycles. The van der Waals surface area contributed by atoms with Crippen molar-refractivity contribution in [1.82, 2.24) is 9.80 Å². The Morgan fingerprint density at radius 1 is 1.17 bits per heavy atom. The summed E-state index contributed by atoms with van der Waals surface area (Å²) in [7, 11) is 2.17. The number of ether oxygens (including phenoxy) is 1. The van der Waals surface area contributed by atoms with E-state index in [4.69, 9.17) is 4.74 Å². The van der Waals surface area contributed by atoms with Crippen molar-refractivity contribution in [2.75, 3.05) is 51.2 Å². The molecule has 1 amide bonds. The highest BCUT2D eigenvalue weighted by Gasteiger charge is 2.25. The first kappa shape index (κ1) is 17.1. The second kappa shape index (κ2) is 7.88. The average Bonchev–Trinajstić information content (AvgIpc) is 2.62. The SMILES string of the molecule is CCC(=O)N1CCCC(Oc2ccccc2N2CCN(C)CC2)C1. The van der Waals surface area contributed by atoms with Gasteiger partial charge in [-0.15, -0.1) is 0 Å². The van der Waals surface area contributed by atoms with Gasteiger partial charge in [-0.25, -0.2) is 0 Å². The molecule has 0 bridgehead atoms. The number of piperidine rings is 1. The van der Waals surface area contributed by atoms with Crippen molar-refractivity contribution in [3.8, 4) is 5.75 Å². The van der Waals surface area contributed by atoms with Gasteiger partial charge in [-0.05, 0) is 32.0 Å². The number of piperazine rings is 1. The molecule has 0 spiro atoms. The Morgan fingerprint density at radius 3 is 2.67 bits per heavy atom. The fourth-order valence-corrected chi connectivity index (χ4v) is 3.53. The van der Waals surface area contributed by atoms with Crippen LogP contribution in [0.3, 0.4) is 0 Å². The molecular formula is C19H29N3O2. The molecule has 0 N–H and O–H groups in total. The Bertz CT molecular complexity index is 555. The second-order valence-electron chi connectivity index (χ2n) is 6.83. The standard InChI is InChI=1S/C19H29N3O2/c1-3-19(23)22-10-6-7-16(15-22)24-18-9-5-4-8-17(18)21-13-11-20(2)12-14-21/h4-5,8-9,16H,3,6-7,10-15H2,1-2H3. The molecule has 0 saturated carbocycles. The molecule has 5 nitrogen and oxygen atoms in total. The van der Waals surface area contributed by atoms with Crippen LogP contribution in [0, 0.1) is 0 Å². The number of nitrogens with zero attached hydrogens (tertiary/aromatic N) is 3. The lowest BCUT2D eigenvalue weighted by atomic mass is 10.1. The number of likely N-dealkylation sites (tertiary alicyclic amines) is 1. The fourth-order valence-electron chi connectivity index (χ4n) is 3.53. The summed E-state index contributed by atoms with van der Waals surface area (Å²) in [6, 6.07) is 8.33. The lowest BCUT2D eigenvalue weighted by Gasteiger charge is -2.36. The summed E-state index contributed by atoms with van der Waals surface area (Å²) in [4.78, 5) is 18.7. The smallest absolute Gasteiger partial charge is 0.222 e. The van der Waals surface area contributed by atoms with Crippen LogP contribution in [0.25, 0.3) is 0 Å². The Labute approximate surface area is 145 Å². The number of likely N-dealkylation sites (N-methyl/N-ethyl adjacent to an activating group) is 1. The van der Waals surface area contributed by atoms with Gasteiger partial charge in [0.1, 0.15) is 11.9 Å². The van der Waals surface area contributed by atoms with Crippen LogP contribution < -0.4 is 9.64 Å². The molecule has 1 atom stereocenters. The normalized spacial score (nSPS) is 22.5. The van der Waals surface area contributed by atoms with Crippen molar-refractivity contribution in [2.45, 2.75) is 32.3 Å². The molecule has 2 fully saturated rings. The average molecular weight is 331 g/mol. The van der Waals surface area contributed by atoms with Gasteiger partial charge in [-0.3, -0.25) is 4.79 Å². The Morgan fingerprint density at radius 2 is 1.92 bits per heavy atom. The summed E-state index contributed by atoms with van der Waals surface area (Å²) in [5.41, 5.74) is 1.18. The van der Waals surface area contributed by atoms with Gasteiger partial charge in [0.15, 0.2) is 0 Å². The van der Waals surface area contributed by atoms with E-state index in [2.05, 4.69) is 35.0 Å². The van der Waals surface area contributed by atoms with Crippen molar-refractivity contribution in [3.05, 3.63) is 24.3 Å². The van der Waals surface area contributed by atoms with Crippen molar-refractivity contribution < 1.29 is 9.53 Å². The molecule has 1 unspecified atom stereocenters. The van der Waals surface area contributed by atoms with Gasteiger partial charge in [0.25, 0.3) is 0 Å². The van der Waals surface area contributed by atoms with Crippen LogP contribution in [-0.2, 0) is 4.79 Å². The molecule has 0 aromatic heterocycles. The van der Waals surface area contributed by atoms with Crippen LogP contribution in [0.2, 0.25) is 0 Å². The van der Waals surface area contributed by atoms with E-state index in [-0.39, 0.29) is 12.0 Å². The minimum Gasteiger partial charge on any atom is -0.486 e. The number of hydrogen-bond donors (Lipinski definition) is 0. The number of benzene rings is 1. The molecule has 1 aromatic rings. The minimum atomic E-state index is 0.0999. The number of hydrogen-bond acceptors (Lipinski definition) is 4. The molecule has 132 valence electrons. The molecule has 0 aliphatic carbocycles. The van der Waals surface area contributed by atoms with E-state index in [0.717, 1.165) is 51.3 Å². The van der Waals surface area contributed by atoms with Crippen molar-refractivity contribution in [3.63, 3.8) is 0 Å². The zero-order chi connectivity index (χ0) is 16.9. The molecule has 3 rings (SSSR count). The van der Waals surface area contributed by atoms with E-state index in [0.29, 0.717) is 13.0 Å². The van der Waals surface area contributed by atoms with Gasteiger partial charge >= 0.3 is 0 Å². The Balaban J connectivity index is 1.68. The van der Waals surface area contributed by atoms with Crippen LogP contribution in [0.5, 0.6) is 5.75 Å². The molecule has 24 heavy (non-hydrogen) atoms. The predicted octanol–water partition coefficient (Wildman–Crippen LogP) is 2.22. The van der Waals surface area contributed by atoms with Gasteiger partial charge in [-0.2, -0.15) is 0 Å². The molecular weight excluding hydrogens is 302 g/mol. The third kappa shape index (κ3) is 4.01. The van der Waals surface area contributed by atoms with E-state index < -0.39 is 0 Å². The summed E-state index contributed by atoms with van der Waals surface area (Å²) < 4.78 is 6.34. The summed E-state index contributed by atoms with van der Waals surface area (Å²) in [5.74, 6) is 1.19. The van der Waals surface area contributed by atoms with E-state index in [9.17, 15) is 4.79 Å². The Kier molecular flexibility index (Phi) is 5.61. The van der Waals surface area contributed by atoms with E-state index in [1.54, 1.807) is 0 Å². The van der Waals surface area contributed by atoms with Gasteiger partial charge in [0, 0.05) is 39.1 Å². The van der Waals surface area contributed by atoms with Crippen LogP contribution >= 0.6 is 0 Å². The van der Waals surface area contributed by atoms with Gasteiger partial charge < -0.3 is 19.4 Å². The highest BCUT2D eigenvalue weighted by molar-refractivity contribution is 5.75. The zero-order valence-electron chi connectivity index (χ0n) is 14.9. The van der Waals surface area contributed by atoms with Crippen LogP contribution in [0.4, 0.5) is 5.69 Å². The van der Waals surface area contributed by atoms with E-state index in [1.807, 2.05) is 17.9 Å². The first-order valence-electron chi connectivity index (χ1n) is 9.14. The number of para-hydroxylation sites is 2. The lowest BCUT2D eigenvalue weighted by Crippen LogP contribution is -2.45. The second-order valence-corrected chi connectivity index (χ2v) is 6.83. The first-order valence-corrected chi connectivity index (χ1v) is 9.14. The number of anilines is 1. The van der Waals surface area contributed by atoms with Gasteiger partial charge in [0.2, 0.25) is 5.91 Å². The number of rotatable bonds is 4. The summed E-state index contributed by atoms with van der Waals surface area (Å²) in [6.07, 6.45) is 2.71. The maximum absolute atomic E-state index is 12.0. The quantitative estimate of drug-likeness (QED) is 0.848. The van der Waals surface area contributed by atoms with E-state index >= 15 is 0 Å². The topological polar surface area (TPSA) is 36.0 Å². The van der Waals surface area contributed by atoms with Crippen molar-refractivity contribution in [2.24, 2.45) is 0 Å². The summed E-state index contributed by atoms with van der Waals surface area (Å²) in [6.45, 7) is 7.73. The van der Waals surface area contributed by atoms with Crippen LogP contribution in [0.1, 0.15) is 26.2 Å². The van der Waals surface area contributed by atoms with E-state index in [1.165, 1.54) is 5.69 Å². The third-order valence-electron chi connectivity index (χ3n) is 5.04. The highest BCUT2D eigenvalue weighted by atomic mass is 16.5. The van der Waals surface area contributed by atoms with Gasteiger partial charge in [0.05, 0.1) is 12.2 Å². The maximum Gasteiger partial charge on any atom is 0.222 e. The third-order valence-corrected chi connectivity index (χ3v) is 5.04. The molecule has 2 aliphatic heterocycles. The van der Waals surface area contributed by atoms with Crippen LogP contribution in [-0.4, -0.2) is 68.1 Å². The van der Waals surface area contributed by atoms with Crippen molar-refractivity contribution >= 4 is 11.6 Å². The first-order chi connectivity index (χ1) is 11.7. The number of carbonyl (C=O) groups excluding carboxylic acids is 1. The largest absolute Gasteiger partial charge is 0.486 e. The lowest BCUT2D eigenvalue weighted by molar-refractivity contribution is -0.133. The molecule has 2 saturated heterocycles. The molecule has 0 radical (unpaired) electrons. The fraction of sp³-hybridized carbons (Fsp3) is 0.632. The molecule has 2 aliphatic rings. The minimum absolute atomic E-state index is 0.0999. The van der Waals surface area contributed by atoms with Crippen molar-refractivity contribution in [1.29, 1.82) is 0 Å². The predicted molar refractivity (Wildman–Crippen MR) is 96.7 cm³/mol. The molecule has 1 aromatic carbocycles.